The van der Waals surface area contributed by atoms with Gasteiger partial charge in [0.15, 0.2) is 0 Å². The van der Waals surface area contributed by atoms with Crippen LogP contribution in [0.5, 0.6) is 5.75 Å². The van der Waals surface area contributed by atoms with Crippen LogP contribution in [0.3, 0.4) is 0 Å². The molecule has 1 aromatic carbocycles. The van der Waals surface area contributed by atoms with Crippen molar-refractivity contribution in [1.82, 2.24) is 14.5 Å². The van der Waals surface area contributed by atoms with Crippen molar-refractivity contribution in [1.29, 1.82) is 0 Å². The summed E-state index contributed by atoms with van der Waals surface area (Å²) in [6.07, 6.45) is 7.17. The molecule has 0 amide bonds. The van der Waals surface area contributed by atoms with E-state index >= 15 is 0 Å². The first-order valence-corrected chi connectivity index (χ1v) is 11.1. The molecule has 3 aromatic rings. The number of likely N-dealkylation sites (N-methyl/N-ethyl adjacent to an activating group) is 1. The summed E-state index contributed by atoms with van der Waals surface area (Å²) in [5.74, 6) is 0.519. The average molecular weight is 451 g/mol. The zero-order valence-electron chi connectivity index (χ0n) is 18.1. The second kappa shape index (κ2) is 10.1. The standard InChI is InChI=1S/C25H27ClN4O2/c1-29(11-9-27)16-18-2-3-20-13-23(7-4-19(20)12-18)30-10-8-24(14-25(30)31)32-17-22-6-5-21(26)15-28-22/h2-3,5-6,8,10,12-15H,4,7,9,11,16-17,27H2,1H3. The average Bonchev–Trinajstić information content (AvgIpc) is 2.78. The number of aryl methyl sites for hydroxylation is 1. The van der Waals surface area contributed by atoms with Gasteiger partial charge in [0.1, 0.15) is 12.4 Å². The molecule has 0 radical (unpaired) electrons. The molecule has 0 atom stereocenters. The first-order chi connectivity index (χ1) is 15.5. The second-order valence-corrected chi connectivity index (χ2v) is 8.46. The molecule has 32 heavy (non-hydrogen) atoms. The third-order valence-electron chi connectivity index (χ3n) is 5.52. The third kappa shape index (κ3) is 5.46. The summed E-state index contributed by atoms with van der Waals surface area (Å²) in [4.78, 5) is 19.2. The third-order valence-corrected chi connectivity index (χ3v) is 5.74. The van der Waals surface area contributed by atoms with Crippen LogP contribution >= 0.6 is 11.6 Å². The van der Waals surface area contributed by atoms with Crippen LogP contribution in [0.1, 0.15) is 28.8 Å². The fourth-order valence-corrected chi connectivity index (χ4v) is 3.98. The predicted octanol–water partition coefficient (Wildman–Crippen LogP) is 3.81. The number of pyridine rings is 2. The Labute approximate surface area is 192 Å². The molecule has 6 nitrogen and oxygen atoms in total. The quantitative estimate of drug-likeness (QED) is 0.565. The van der Waals surface area contributed by atoms with E-state index in [1.165, 1.54) is 17.2 Å². The molecular formula is C25H27ClN4O2. The summed E-state index contributed by atoms with van der Waals surface area (Å²) in [5.41, 5.74) is 11.0. The van der Waals surface area contributed by atoms with Crippen molar-refractivity contribution >= 4 is 23.4 Å². The fourth-order valence-electron chi connectivity index (χ4n) is 3.87. The SMILES string of the molecule is CN(CCN)Cc1ccc2c(c1)CCC(n1ccc(OCc3ccc(Cl)cn3)cc1=O)=C2. The van der Waals surface area contributed by atoms with E-state index in [0.717, 1.165) is 42.9 Å². The lowest BCUT2D eigenvalue weighted by Gasteiger charge is -2.21. The van der Waals surface area contributed by atoms with Gasteiger partial charge in [-0.2, -0.15) is 0 Å². The Morgan fingerprint density at radius 1 is 1.19 bits per heavy atom. The minimum Gasteiger partial charge on any atom is -0.487 e. The molecule has 0 fully saturated rings. The number of rotatable bonds is 8. The zero-order valence-corrected chi connectivity index (χ0v) is 18.9. The molecule has 1 aliphatic rings. The van der Waals surface area contributed by atoms with Crippen molar-refractivity contribution in [3.05, 3.63) is 92.6 Å². The van der Waals surface area contributed by atoms with Gasteiger partial charge in [0.05, 0.1) is 10.7 Å². The highest BCUT2D eigenvalue weighted by atomic mass is 35.5. The zero-order chi connectivity index (χ0) is 22.5. The molecule has 0 aliphatic heterocycles. The Hall–Kier alpha value is -2.93. The molecule has 0 spiro atoms. The van der Waals surface area contributed by atoms with Gasteiger partial charge in [-0.15, -0.1) is 0 Å². The van der Waals surface area contributed by atoms with Crippen LogP contribution in [0.4, 0.5) is 0 Å². The molecular weight excluding hydrogens is 424 g/mol. The Bertz CT molecular complexity index is 1170. The summed E-state index contributed by atoms with van der Waals surface area (Å²) in [6.45, 7) is 2.69. The summed E-state index contributed by atoms with van der Waals surface area (Å²) in [6, 6.07) is 13.4. The number of fused-ring (bicyclic) bond motifs is 1. The number of hydrogen-bond donors (Lipinski definition) is 1. The number of aromatic nitrogens is 2. The van der Waals surface area contributed by atoms with Gasteiger partial charge in [0.2, 0.25) is 0 Å². The Morgan fingerprint density at radius 2 is 2.06 bits per heavy atom. The van der Waals surface area contributed by atoms with E-state index in [1.54, 1.807) is 29.1 Å². The second-order valence-electron chi connectivity index (χ2n) is 8.02. The largest absolute Gasteiger partial charge is 0.487 e. The highest BCUT2D eigenvalue weighted by molar-refractivity contribution is 6.30. The molecule has 0 saturated heterocycles. The van der Waals surface area contributed by atoms with Crippen molar-refractivity contribution < 1.29 is 4.74 Å². The van der Waals surface area contributed by atoms with Crippen LogP contribution in [0.2, 0.25) is 5.02 Å². The Kier molecular flexibility index (Phi) is 7.05. The smallest absolute Gasteiger partial charge is 0.258 e. The van der Waals surface area contributed by atoms with E-state index in [0.29, 0.717) is 17.3 Å². The van der Waals surface area contributed by atoms with Crippen LogP contribution in [-0.2, 0) is 19.6 Å². The van der Waals surface area contributed by atoms with Gasteiger partial charge in [-0.3, -0.25) is 14.3 Å². The first kappa shape index (κ1) is 22.3. The van der Waals surface area contributed by atoms with Crippen molar-refractivity contribution in [2.45, 2.75) is 26.0 Å². The molecule has 1 aliphatic carbocycles. The van der Waals surface area contributed by atoms with Gasteiger partial charge in [-0.05, 0) is 60.9 Å². The summed E-state index contributed by atoms with van der Waals surface area (Å²) < 4.78 is 7.42. The highest BCUT2D eigenvalue weighted by Crippen LogP contribution is 2.27. The molecule has 0 saturated carbocycles. The van der Waals surface area contributed by atoms with Crippen molar-refractivity contribution in [2.24, 2.45) is 5.73 Å². The van der Waals surface area contributed by atoms with Crippen molar-refractivity contribution in [3.8, 4) is 5.75 Å². The lowest BCUT2D eigenvalue weighted by molar-refractivity contribution is 0.300. The number of halogens is 1. The van der Waals surface area contributed by atoms with Crippen LogP contribution < -0.4 is 16.0 Å². The van der Waals surface area contributed by atoms with Gasteiger partial charge < -0.3 is 15.4 Å². The topological polar surface area (TPSA) is 73.4 Å². The van der Waals surface area contributed by atoms with E-state index in [9.17, 15) is 4.79 Å². The minimum atomic E-state index is -0.110. The van der Waals surface area contributed by atoms with Gasteiger partial charge in [-0.1, -0.05) is 29.8 Å². The van der Waals surface area contributed by atoms with Crippen LogP contribution in [0, 0.1) is 0 Å². The maximum absolute atomic E-state index is 12.7. The number of ether oxygens (including phenoxy) is 1. The van der Waals surface area contributed by atoms with E-state index < -0.39 is 0 Å². The van der Waals surface area contributed by atoms with E-state index in [2.05, 4.69) is 41.2 Å². The summed E-state index contributed by atoms with van der Waals surface area (Å²) in [7, 11) is 2.08. The van der Waals surface area contributed by atoms with Crippen LogP contribution in [0.25, 0.3) is 11.8 Å². The Morgan fingerprint density at radius 3 is 2.81 bits per heavy atom. The predicted molar refractivity (Wildman–Crippen MR) is 129 cm³/mol. The number of nitrogens with two attached hydrogens (primary N) is 1. The van der Waals surface area contributed by atoms with E-state index in [4.69, 9.17) is 22.1 Å². The van der Waals surface area contributed by atoms with Crippen molar-refractivity contribution in [3.63, 3.8) is 0 Å². The monoisotopic (exact) mass is 450 g/mol. The molecule has 2 heterocycles. The molecule has 0 bridgehead atoms. The van der Waals surface area contributed by atoms with Gasteiger partial charge in [-0.25, -0.2) is 0 Å². The van der Waals surface area contributed by atoms with Gasteiger partial charge >= 0.3 is 0 Å². The molecule has 0 unspecified atom stereocenters. The number of benzene rings is 1. The van der Waals surface area contributed by atoms with Crippen LogP contribution in [0.15, 0.2) is 59.7 Å². The maximum atomic E-state index is 12.7. The highest BCUT2D eigenvalue weighted by Gasteiger charge is 2.14. The van der Waals surface area contributed by atoms with Gasteiger partial charge in [0.25, 0.3) is 5.56 Å². The minimum absolute atomic E-state index is 0.110. The van der Waals surface area contributed by atoms with Crippen molar-refractivity contribution in [2.75, 3.05) is 20.1 Å². The molecule has 4 rings (SSSR count). The fraction of sp³-hybridized carbons (Fsp3) is 0.280. The number of hydrogen-bond acceptors (Lipinski definition) is 5. The summed E-state index contributed by atoms with van der Waals surface area (Å²) >= 11 is 5.85. The lowest BCUT2D eigenvalue weighted by Crippen LogP contribution is -2.25. The summed E-state index contributed by atoms with van der Waals surface area (Å²) in [5, 5.41) is 0.578. The maximum Gasteiger partial charge on any atom is 0.258 e. The van der Waals surface area contributed by atoms with E-state index in [-0.39, 0.29) is 12.2 Å². The molecule has 2 aromatic heterocycles. The van der Waals surface area contributed by atoms with Gasteiger partial charge in [0, 0.05) is 43.8 Å². The number of allylic oxidation sites excluding steroid dienone is 1. The number of nitrogens with zero attached hydrogens (tertiary/aromatic N) is 3. The molecule has 2 N–H and O–H groups in total. The molecule has 7 heteroatoms. The molecule has 166 valence electrons. The normalized spacial score (nSPS) is 13.1. The lowest BCUT2D eigenvalue weighted by atomic mass is 9.93. The van der Waals surface area contributed by atoms with E-state index in [1.807, 2.05) is 6.07 Å². The first-order valence-electron chi connectivity index (χ1n) is 10.7. The Balaban J connectivity index is 1.46. The van der Waals surface area contributed by atoms with Crippen LogP contribution in [-0.4, -0.2) is 34.6 Å².